The number of unbranched alkanes of at least 4 members (excludes halogenated alkanes) is 1. The van der Waals surface area contributed by atoms with E-state index in [1.807, 2.05) is 6.92 Å². The normalized spacial score (nSPS) is 11.6. The number of hydrogen-bond acceptors (Lipinski definition) is 4. The quantitative estimate of drug-likeness (QED) is 0.669. The highest BCUT2D eigenvalue weighted by atomic mass is 16.5. The highest BCUT2D eigenvalue weighted by Crippen LogP contribution is 2.08. The molecule has 0 radical (unpaired) electrons. The van der Waals surface area contributed by atoms with Crippen molar-refractivity contribution in [3.8, 4) is 0 Å². The SMILES string of the molecule is COCCn1cc(C)nc1NCCCCN(C)C(C)C. The number of imidazole rings is 1. The molecule has 0 aliphatic heterocycles. The lowest BCUT2D eigenvalue weighted by Gasteiger charge is -2.20. The largest absolute Gasteiger partial charge is 0.383 e. The van der Waals surface area contributed by atoms with Gasteiger partial charge >= 0.3 is 0 Å². The number of hydrogen-bond donors (Lipinski definition) is 1. The molecular formula is C15H30N4O. The maximum absolute atomic E-state index is 5.12. The lowest BCUT2D eigenvalue weighted by atomic mass is 10.2. The first-order valence-corrected chi connectivity index (χ1v) is 7.51. The van der Waals surface area contributed by atoms with Gasteiger partial charge in [-0.05, 0) is 47.2 Å². The zero-order valence-electron chi connectivity index (χ0n) is 13.6. The minimum atomic E-state index is 0.624. The molecule has 0 aliphatic carbocycles. The van der Waals surface area contributed by atoms with Gasteiger partial charge in [-0.3, -0.25) is 0 Å². The third-order valence-corrected chi connectivity index (χ3v) is 3.54. The fraction of sp³-hybridized carbons (Fsp3) is 0.800. The Balaban J connectivity index is 2.27. The summed E-state index contributed by atoms with van der Waals surface area (Å²) in [6.07, 6.45) is 4.43. The Hall–Kier alpha value is -1.07. The zero-order valence-corrected chi connectivity index (χ0v) is 13.6. The molecule has 0 spiro atoms. The topological polar surface area (TPSA) is 42.3 Å². The Labute approximate surface area is 123 Å². The molecule has 0 unspecified atom stereocenters. The van der Waals surface area contributed by atoms with Gasteiger partial charge < -0.3 is 19.5 Å². The van der Waals surface area contributed by atoms with Crippen LogP contribution < -0.4 is 5.32 Å². The van der Waals surface area contributed by atoms with Gasteiger partial charge in [0.1, 0.15) is 0 Å². The lowest BCUT2D eigenvalue weighted by Crippen LogP contribution is -2.27. The lowest BCUT2D eigenvalue weighted by molar-refractivity contribution is 0.187. The molecule has 0 saturated carbocycles. The van der Waals surface area contributed by atoms with Crippen LogP contribution in [0.4, 0.5) is 5.95 Å². The number of aryl methyl sites for hydroxylation is 1. The number of nitrogens with one attached hydrogen (secondary N) is 1. The van der Waals surface area contributed by atoms with Crippen molar-refractivity contribution in [3.63, 3.8) is 0 Å². The van der Waals surface area contributed by atoms with Gasteiger partial charge in [0.2, 0.25) is 5.95 Å². The third kappa shape index (κ3) is 5.92. The van der Waals surface area contributed by atoms with Crippen LogP contribution in [0, 0.1) is 6.92 Å². The van der Waals surface area contributed by atoms with E-state index >= 15 is 0 Å². The Morgan fingerprint density at radius 3 is 2.80 bits per heavy atom. The second-order valence-corrected chi connectivity index (χ2v) is 5.60. The van der Waals surface area contributed by atoms with Crippen molar-refractivity contribution in [3.05, 3.63) is 11.9 Å². The third-order valence-electron chi connectivity index (χ3n) is 3.54. The molecule has 0 fully saturated rings. The molecule has 0 saturated heterocycles. The average molecular weight is 282 g/mol. The van der Waals surface area contributed by atoms with Gasteiger partial charge in [-0.1, -0.05) is 0 Å². The van der Waals surface area contributed by atoms with Crippen LogP contribution in [0.5, 0.6) is 0 Å². The zero-order chi connectivity index (χ0) is 15.0. The molecule has 5 heteroatoms. The number of ether oxygens (including phenoxy) is 1. The predicted octanol–water partition coefficient (Wildman–Crippen LogP) is 2.37. The fourth-order valence-electron chi connectivity index (χ4n) is 1.99. The molecule has 0 amide bonds. The molecule has 1 aromatic rings. The van der Waals surface area contributed by atoms with Crippen molar-refractivity contribution in [1.29, 1.82) is 0 Å². The Kier molecular flexibility index (Phi) is 7.62. The molecule has 1 aromatic heterocycles. The fourth-order valence-corrected chi connectivity index (χ4v) is 1.99. The minimum Gasteiger partial charge on any atom is -0.383 e. The monoisotopic (exact) mass is 282 g/mol. The summed E-state index contributed by atoms with van der Waals surface area (Å²) < 4.78 is 7.24. The molecule has 116 valence electrons. The van der Waals surface area contributed by atoms with Crippen molar-refractivity contribution >= 4 is 5.95 Å². The van der Waals surface area contributed by atoms with Crippen molar-refractivity contribution in [2.24, 2.45) is 0 Å². The molecule has 0 aliphatic rings. The van der Waals surface area contributed by atoms with E-state index in [0.29, 0.717) is 12.6 Å². The van der Waals surface area contributed by atoms with Crippen LogP contribution in [0.1, 0.15) is 32.4 Å². The first-order chi connectivity index (χ1) is 9.54. The van der Waals surface area contributed by atoms with Gasteiger partial charge in [0.15, 0.2) is 0 Å². The van der Waals surface area contributed by atoms with Crippen LogP contribution in [-0.2, 0) is 11.3 Å². The number of anilines is 1. The van der Waals surface area contributed by atoms with Crippen LogP contribution in [-0.4, -0.2) is 54.3 Å². The average Bonchev–Trinajstić information content (AvgIpc) is 2.75. The molecule has 0 aromatic carbocycles. The molecule has 0 bridgehead atoms. The van der Waals surface area contributed by atoms with Crippen molar-refractivity contribution in [1.82, 2.24) is 14.5 Å². The van der Waals surface area contributed by atoms with Gasteiger partial charge in [-0.25, -0.2) is 4.98 Å². The van der Waals surface area contributed by atoms with E-state index in [9.17, 15) is 0 Å². The Bertz CT molecular complexity index is 376. The van der Waals surface area contributed by atoms with E-state index in [1.54, 1.807) is 7.11 Å². The van der Waals surface area contributed by atoms with E-state index in [-0.39, 0.29) is 0 Å². The van der Waals surface area contributed by atoms with Gasteiger partial charge in [-0.15, -0.1) is 0 Å². The Morgan fingerprint density at radius 2 is 2.15 bits per heavy atom. The predicted molar refractivity (Wildman–Crippen MR) is 84.3 cm³/mol. The van der Waals surface area contributed by atoms with E-state index in [4.69, 9.17) is 4.74 Å². The second kappa shape index (κ2) is 8.97. The maximum Gasteiger partial charge on any atom is 0.203 e. The van der Waals surface area contributed by atoms with Crippen LogP contribution in [0.3, 0.4) is 0 Å². The highest BCUT2D eigenvalue weighted by molar-refractivity contribution is 5.28. The summed E-state index contributed by atoms with van der Waals surface area (Å²) in [7, 11) is 3.90. The summed E-state index contributed by atoms with van der Waals surface area (Å²) in [5.74, 6) is 0.955. The highest BCUT2D eigenvalue weighted by Gasteiger charge is 2.05. The molecule has 5 nitrogen and oxygen atoms in total. The van der Waals surface area contributed by atoms with Gasteiger partial charge in [0, 0.05) is 32.4 Å². The number of methoxy groups -OCH3 is 1. The summed E-state index contributed by atoms with van der Waals surface area (Å²) in [4.78, 5) is 6.89. The van der Waals surface area contributed by atoms with Crippen LogP contribution in [0.2, 0.25) is 0 Å². The molecular weight excluding hydrogens is 252 g/mol. The standard InChI is InChI=1S/C15H30N4O/c1-13(2)18(4)9-7-6-8-16-15-17-14(3)12-19(15)10-11-20-5/h12-13H,6-11H2,1-5H3,(H,16,17). The molecule has 1 N–H and O–H groups in total. The van der Waals surface area contributed by atoms with Gasteiger partial charge in [0.05, 0.1) is 12.3 Å². The van der Waals surface area contributed by atoms with Crippen molar-refractivity contribution < 1.29 is 4.74 Å². The number of aromatic nitrogens is 2. The summed E-state index contributed by atoms with van der Waals surface area (Å²) in [6, 6.07) is 0.624. The van der Waals surface area contributed by atoms with Crippen LogP contribution >= 0.6 is 0 Å². The molecule has 1 heterocycles. The van der Waals surface area contributed by atoms with E-state index in [2.05, 4.69) is 46.9 Å². The first kappa shape index (κ1) is 17.0. The van der Waals surface area contributed by atoms with E-state index in [1.165, 1.54) is 6.42 Å². The van der Waals surface area contributed by atoms with Crippen molar-refractivity contribution in [2.75, 3.05) is 39.2 Å². The molecule has 0 atom stereocenters. The van der Waals surface area contributed by atoms with Crippen molar-refractivity contribution in [2.45, 2.75) is 46.2 Å². The summed E-state index contributed by atoms with van der Waals surface area (Å²) in [6.45, 7) is 10.2. The Morgan fingerprint density at radius 1 is 1.40 bits per heavy atom. The van der Waals surface area contributed by atoms with E-state index in [0.717, 1.165) is 37.7 Å². The second-order valence-electron chi connectivity index (χ2n) is 5.60. The summed E-state index contributed by atoms with van der Waals surface area (Å²) >= 11 is 0. The summed E-state index contributed by atoms with van der Waals surface area (Å²) in [5.41, 5.74) is 1.04. The first-order valence-electron chi connectivity index (χ1n) is 7.51. The smallest absolute Gasteiger partial charge is 0.203 e. The van der Waals surface area contributed by atoms with Gasteiger partial charge in [-0.2, -0.15) is 0 Å². The summed E-state index contributed by atoms with van der Waals surface area (Å²) in [5, 5.41) is 3.42. The number of nitrogens with zero attached hydrogens (tertiary/aromatic N) is 3. The minimum absolute atomic E-state index is 0.624. The maximum atomic E-state index is 5.12. The van der Waals surface area contributed by atoms with Crippen LogP contribution in [0.15, 0.2) is 6.20 Å². The van der Waals surface area contributed by atoms with E-state index < -0.39 is 0 Å². The molecule has 20 heavy (non-hydrogen) atoms. The molecule has 1 rings (SSSR count). The van der Waals surface area contributed by atoms with Gasteiger partial charge in [0.25, 0.3) is 0 Å². The number of rotatable bonds is 10. The van der Waals surface area contributed by atoms with Crippen LogP contribution in [0.25, 0.3) is 0 Å².